The number of urea groups is 1. The van der Waals surface area contributed by atoms with E-state index in [4.69, 9.17) is 10.5 Å². The van der Waals surface area contributed by atoms with Crippen LogP contribution in [-0.4, -0.2) is 24.0 Å². The molecule has 102 valence electrons. The van der Waals surface area contributed by atoms with Gasteiger partial charge in [0.1, 0.15) is 4.88 Å². The number of primary amides is 1. The predicted octanol–water partition coefficient (Wildman–Crippen LogP) is 0.977. The molecule has 1 atom stereocenters. The largest absolute Gasteiger partial charge is 0.448 e. The molecule has 1 heterocycles. The molecule has 0 unspecified atom stereocenters. The zero-order chi connectivity index (χ0) is 14.0. The van der Waals surface area contributed by atoms with Crippen molar-refractivity contribution in [1.29, 1.82) is 0 Å². The van der Waals surface area contributed by atoms with Crippen molar-refractivity contribution in [2.24, 2.45) is 5.73 Å². The van der Waals surface area contributed by atoms with E-state index in [1.807, 2.05) is 11.4 Å². The highest BCUT2D eigenvalue weighted by molar-refractivity contribution is 7.14. The molecule has 2 rings (SSSR count). The van der Waals surface area contributed by atoms with Gasteiger partial charge in [0.05, 0.1) is 0 Å². The molecule has 1 aliphatic carbocycles. The summed E-state index contributed by atoms with van der Waals surface area (Å²) in [7, 11) is 0. The van der Waals surface area contributed by atoms with Gasteiger partial charge in [-0.15, -0.1) is 11.3 Å². The quantitative estimate of drug-likeness (QED) is 0.807. The van der Waals surface area contributed by atoms with Gasteiger partial charge in [0.15, 0.2) is 6.10 Å². The molecule has 19 heavy (non-hydrogen) atoms. The van der Waals surface area contributed by atoms with Crippen LogP contribution in [0.15, 0.2) is 6.07 Å². The fraction of sp³-hybridized carbons (Fsp3) is 0.417. The second-order valence-corrected chi connectivity index (χ2v) is 5.45. The molecule has 1 aliphatic rings. The number of amides is 3. The molecule has 0 spiro atoms. The van der Waals surface area contributed by atoms with Crippen LogP contribution in [0.3, 0.4) is 0 Å². The third-order valence-electron chi connectivity index (χ3n) is 2.85. The van der Waals surface area contributed by atoms with E-state index in [9.17, 15) is 14.4 Å². The van der Waals surface area contributed by atoms with E-state index in [1.165, 1.54) is 28.7 Å². The lowest BCUT2D eigenvalue weighted by Gasteiger charge is -2.10. The number of ether oxygens (including phenoxy) is 1. The summed E-state index contributed by atoms with van der Waals surface area (Å²) in [6.07, 6.45) is 2.03. The lowest BCUT2D eigenvalue weighted by molar-refractivity contribution is -0.127. The van der Waals surface area contributed by atoms with E-state index in [-0.39, 0.29) is 0 Å². The van der Waals surface area contributed by atoms with E-state index in [0.717, 1.165) is 19.3 Å². The Hall–Kier alpha value is -1.89. The molecule has 0 fully saturated rings. The Morgan fingerprint density at radius 3 is 2.79 bits per heavy atom. The molecule has 0 bridgehead atoms. The van der Waals surface area contributed by atoms with Crippen LogP contribution >= 0.6 is 11.3 Å². The molecule has 1 aromatic rings. The number of fused-ring (bicyclic) bond motifs is 1. The molecule has 6 nitrogen and oxygen atoms in total. The number of rotatable bonds is 3. The highest BCUT2D eigenvalue weighted by atomic mass is 32.1. The molecule has 0 aliphatic heterocycles. The third kappa shape index (κ3) is 3.11. The highest BCUT2D eigenvalue weighted by Crippen LogP contribution is 2.31. The Bertz CT molecular complexity index is 516. The van der Waals surface area contributed by atoms with Crippen LogP contribution in [0.25, 0.3) is 0 Å². The number of carbonyl (C=O) groups excluding carboxylic acids is 3. The number of carbonyl (C=O) groups is 3. The summed E-state index contributed by atoms with van der Waals surface area (Å²) >= 11 is 1.40. The Kier molecular flexibility index (Phi) is 3.84. The topological polar surface area (TPSA) is 98.5 Å². The normalized spacial score (nSPS) is 14.6. The van der Waals surface area contributed by atoms with E-state index in [0.29, 0.717) is 4.88 Å². The van der Waals surface area contributed by atoms with Crippen LogP contribution in [0.4, 0.5) is 4.79 Å². The van der Waals surface area contributed by atoms with Gasteiger partial charge in [0.2, 0.25) is 0 Å². The molecular formula is C12H14N2O4S. The second-order valence-electron chi connectivity index (χ2n) is 4.31. The minimum Gasteiger partial charge on any atom is -0.448 e. The van der Waals surface area contributed by atoms with Gasteiger partial charge in [-0.3, -0.25) is 10.1 Å². The van der Waals surface area contributed by atoms with Crippen molar-refractivity contribution in [1.82, 2.24) is 5.32 Å². The lowest BCUT2D eigenvalue weighted by atomic mass is 10.2. The summed E-state index contributed by atoms with van der Waals surface area (Å²) in [5.74, 6) is -1.28. The maximum atomic E-state index is 11.8. The Balaban J connectivity index is 1.96. The van der Waals surface area contributed by atoms with Gasteiger partial charge in [-0.2, -0.15) is 0 Å². The van der Waals surface area contributed by atoms with Crippen LogP contribution in [-0.2, 0) is 22.4 Å². The van der Waals surface area contributed by atoms with E-state index in [1.54, 1.807) is 0 Å². The van der Waals surface area contributed by atoms with Gasteiger partial charge in [0, 0.05) is 4.88 Å². The summed E-state index contributed by atoms with van der Waals surface area (Å²) in [6.45, 7) is 1.39. The van der Waals surface area contributed by atoms with E-state index in [2.05, 4.69) is 0 Å². The molecule has 0 saturated carbocycles. The zero-order valence-electron chi connectivity index (χ0n) is 10.4. The number of thiophene rings is 1. The first-order chi connectivity index (χ1) is 8.97. The molecule has 7 heteroatoms. The van der Waals surface area contributed by atoms with Gasteiger partial charge in [-0.05, 0) is 37.8 Å². The van der Waals surface area contributed by atoms with Crippen LogP contribution in [0.1, 0.15) is 33.5 Å². The molecule has 0 aromatic carbocycles. The fourth-order valence-corrected chi connectivity index (χ4v) is 3.06. The Labute approximate surface area is 113 Å². The second kappa shape index (κ2) is 5.40. The van der Waals surface area contributed by atoms with Crippen molar-refractivity contribution >= 4 is 29.2 Å². The van der Waals surface area contributed by atoms with Crippen molar-refractivity contribution in [3.63, 3.8) is 0 Å². The van der Waals surface area contributed by atoms with E-state index < -0.39 is 24.0 Å². The first-order valence-corrected chi connectivity index (χ1v) is 6.72. The zero-order valence-corrected chi connectivity index (χ0v) is 11.2. The minimum atomic E-state index is -1.06. The molecular weight excluding hydrogens is 268 g/mol. The van der Waals surface area contributed by atoms with Gasteiger partial charge in [-0.1, -0.05) is 0 Å². The first kappa shape index (κ1) is 13.5. The standard InChI is InChI=1S/C12H14N2O4S/c1-6(10(15)14-12(13)17)18-11(16)9-5-7-3-2-4-8(7)19-9/h5-6H,2-4H2,1H3,(H3,13,14,15,17)/t6-/m1/s1. The fourth-order valence-electron chi connectivity index (χ4n) is 1.92. The van der Waals surface area contributed by atoms with Crippen molar-refractivity contribution in [2.75, 3.05) is 0 Å². The van der Waals surface area contributed by atoms with Crippen molar-refractivity contribution in [3.05, 3.63) is 21.4 Å². The van der Waals surface area contributed by atoms with E-state index >= 15 is 0 Å². The van der Waals surface area contributed by atoms with Gasteiger partial charge < -0.3 is 10.5 Å². The average molecular weight is 282 g/mol. The molecule has 1 aromatic heterocycles. The highest BCUT2D eigenvalue weighted by Gasteiger charge is 2.23. The van der Waals surface area contributed by atoms with Gasteiger partial charge in [-0.25, -0.2) is 9.59 Å². The number of nitrogens with two attached hydrogens (primary N) is 1. The van der Waals surface area contributed by atoms with Crippen LogP contribution in [0.5, 0.6) is 0 Å². The predicted molar refractivity (Wildman–Crippen MR) is 68.9 cm³/mol. The summed E-state index contributed by atoms with van der Waals surface area (Å²) in [6, 6.07) is 0.844. The Morgan fingerprint density at radius 1 is 1.42 bits per heavy atom. The van der Waals surface area contributed by atoms with Gasteiger partial charge >= 0.3 is 12.0 Å². The summed E-state index contributed by atoms with van der Waals surface area (Å²) in [5, 5.41) is 1.86. The summed E-state index contributed by atoms with van der Waals surface area (Å²) < 4.78 is 4.99. The van der Waals surface area contributed by atoms with Crippen molar-refractivity contribution in [2.45, 2.75) is 32.3 Å². The number of hydrogen-bond donors (Lipinski definition) is 2. The van der Waals surface area contributed by atoms with Crippen molar-refractivity contribution < 1.29 is 19.1 Å². The lowest BCUT2D eigenvalue weighted by Crippen LogP contribution is -2.42. The number of hydrogen-bond acceptors (Lipinski definition) is 5. The number of aryl methyl sites for hydroxylation is 2. The number of imide groups is 1. The Morgan fingerprint density at radius 2 is 2.16 bits per heavy atom. The summed E-state index contributed by atoms with van der Waals surface area (Å²) in [5.41, 5.74) is 6.00. The number of nitrogens with one attached hydrogen (secondary N) is 1. The van der Waals surface area contributed by atoms with Crippen molar-refractivity contribution in [3.8, 4) is 0 Å². The molecule has 3 N–H and O–H groups in total. The smallest absolute Gasteiger partial charge is 0.349 e. The minimum absolute atomic E-state index is 0.489. The maximum absolute atomic E-state index is 11.8. The molecule has 0 radical (unpaired) electrons. The summed E-state index contributed by atoms with van der Waals surface area (Å²) in [4.78, 5) is 35.4. The van der Waals surface area contributed by atoms with Crippen LogP contribution in [0, 0.1) is 0 Å². The maximum Gasteiger partial charge on any atom is 0.349 e. The average Bonchev–Trinajstić information content (AvgIpc) is 2.87. The monoisotopic (exact) mass is 282 g/mol. The van der Waals surface area contributed by atoms with Crippen LogP contribution < -0.4 is 11.1 Å². The third-order valence-corrected chi connectivity index (χ3v) is 4.06. The SMILES string of the molecule is C[C@@H](OC(=O)c1cc2c(s1)CCC2)C(=O)NC(N)=O. The van der Waals surface area contributed by atoms with Crippen LogP contribution in [0.2, 0.25) is 0 Å². The van der Waals surface area contributed by atoms with Gasteiger partial charge in [0.25, 0.3) is 5.91 Å². The molecule has 3 amide bonds. The number of esters is 1. The molecule has 0 saturated heterocycles. The first-order valence-electron chi connectivity index (χ1n) is 5.90.